The fourth-order valence-corrected chi connectivity index (χ4v) is 4.69. The van der Waals surface area contributed by atoms with Crippen molar-refractivity contribution in [3.05, 3.63) is 4.88 Å². The molecule has 0 saturated carbocycles. The van der Waals surface area contributed by atoms with E-state index in [1.54, 1.807) is 23.1 Å². The Morgan fingerprint density at radius 1 is 1.53 bits per heavy atom. The van der Waals surface area contributed by atoms with E-state index in [-0.39, 0.29) is 11.7 Å². The highest BCUT2D eigenvalue weighted by Gasteiger charge is 2.28. The molecule has 2 N–H and O–H groups in total. The summed E-state index contributed by atoms with van der Waals surface area (Å²) in [5.41, 5.74) is 6.88. The molecule has 1 unspecified atom stereocenters. The molecule has 1 aliphatic rings. The number of hydrogen-bond acceptors (Lipinski definition) is 5. The molecule has 1 aliphatic heterocycles. The average molecular weight is 298 g/mol. The first kappa shape index (κ1) is 14.7. The van der Waals surface area contributed by atoms with Gasteiger partial charge in [0.25, 0.3) is 0 Å². The van der Waals surface area contributed by atoms with Crippen LogP contribution in [0.3, 0.4) is 0 Å². The number of nitrogens with zero attached hydrogens (tertiary/aromatic N) is 1. The van der Waals surface area contributed by atoms with Crippen LogP contribution in [-0.4, -0.2) is 25.1 Å². The second kappa shape index (κ2) is 5.75. The normalized spacial score (nSPS) is 19.4. The summed E-state index contributed by atoms with van der Waals surface area (Å²) in [5, 5.41) is 1.19. The SMILES string of the molecule is CSc1c(N2CCC(C)C2)sc(C(=O)C(C)C)c1N. The van der Waals surface area contributed by atoms with Gasteiger partial charge in [-0.15, -0.1) is 23.1 Å². The van der Waals surface area contributed by atoms with Crippen LogP contribution in [0.2, 0.25) is 0 Å². The number of ketones is 1. The van der Waals surface area contributed by atoms with Crippen LogP contribution in [-0.2, 0) is 0 Å². The molecule has 2 heterocycles. The van der Waals surface area contributed by atoms with E-state index in [0.717, 1.165) is 28.8 Å². The predicted octanol–water partition coefficient (Wildman–Crippen LogP) is 3.74. The number of carbonyl (C=O) groups excluding carboxylic acids is 1. The molecule has 0 bridgehead atoms. The van der Waals surface area contributed by atoms with Crippen molar-refractivity contribution in [1.29, 1.82) is 0 Å². The van der Waals surface area contributed by atoms with Gasteiger partial charge in [-0.25, -0.2) is 0 Å². The van der Waals surface area contributed by atoms with E-state index in [1.165, 1.54) is 11.4 Å². The Bertz CT molecular complexity index is 482. The number of rotatable bonds is 4. The molecule has 1 saturated heterocycles. The minimum atomic E-state index is 0.000933. The fraction of sp³-hybridized carbons (Fsp3) is 0.643. The van der Waals surface area contributed by atoms with Crippen molar-refractivity contribution in [3.63, 3.8) is 0 Å². The van der Waals surface area contributed by atoms with Crippen LogP contribution in [0.25, 0.3) is 0 Å². The van der Waals surface area contributed by atoms with Crippen LogP contribution >= 0.6 is 23.1 Å². The molecule has 0 aromatic carbocycles. The van der Waals surface area contributed by atoms with Gasteiger partial charge >= 0.3 is 0 Å². The lowest BCUT2D eigenvalue weighted by Gasteiger charge is -2.17. The maximum Gasteiger partial charge on any atom is 0.177 e. The Balaban J connectivity index is 2.39. The third-order valence-corrected chi connectivity index (χ3v) is 5.78. The zero-order valence-electron chi connectivity index (χ0n) is 12.0. The molecule has 1 aromatic rings. The molecule has 0 radical (unpaired) electrons. The van der Waals surface area contributed by atoms with Crippen LogP contribution in [0.15, 0.2) is 4.90 Å². The topological polar surface area (TPSA) is 46.3 Å². The van der Waals surface area contributed by atoms with Gasteiger partial charge in [-0.05, 0) is 18.6 Å². The highest BCUT2D eigenvalue weighted by atomic mass is 32.2. The second-order valence-electron chi connectivity index (χ2n) is 5.54. The Hall–Kier alpha value is -0.680. The van der Waals surface area contributed by atoms with E-state index in [4.69, 9.17) is 5.73 Å². The summed E-state index contributed by atoms with van der Waals surface area (Å²) >= 11 is 3.23. The van der Waals surface area contributed by atoms with Gasteiger partial charge in [-0.1, -0.05) is 20.8 Å². The lowest BCUT2D eigenvalue weighted by molar-refractivity contribution is 0.0944. The summed E-state index contributed by atoms with van der Waals surface area (Å²) in [7, 11) is 0. The van der Waals surface area contributed by atoms with Gasteiger partial charge < -0.3 is 10.6 Å². The summed E-state index contributed by atoms with van der Waals surface area (Å²) in [6.45, 7) is 8.28. The third-order valence-electron chi connectivity index (χ3n) is 3.55. The van der Waals surface area contributed by atoms with E-state index in [1.807, 2.05) is 20.1 Å². The number of Topliss-reactive ketones (excluding diaryl/α,β-unsaturated/α-hetero) is 1. The van der Waals surface area contributed by atoms with Gasteiger partial charge in [-0.2, -0.15) is 0 Å². The molecule has 19 heavy (non-hydrogen) atoms. The molecule has 0 amide bonds. The molecule has 1 aromatic heterocycles. The highest BCUT2D eigenvalue weighted by molar-refractivity contribution is 7.99. The first-order valence-corrected chi connectivity index (χ1v) is 8.75. The van der Waals surface area contributed by atoms with Crippen molar-refractivity contribution in [2.24, 2.45) is 11.8 Å². The molecule has 0 aliphatic carbocycles. The van der Waals surface area contributed by atoms with Crippen LogP contribution < -0.4 is 10.6 Å². The molecule has 1 fully saturated rings. The largest absolute Gasteiger partial charge is 0.396 e. The zero-order valence-corrected chi connectivity index (χ0v) is 13.7. The molecule has 106 valence electrons. The number of nitrogen functional groups attached to an aromatic ring is 1. The van der Waals surface area contributed by atoms with Crippen molar-refractivity contribution in [1.82, 2.24) is 0 Å². The Morgan fingerprint density at radius 2 is 2.21 bits per heavy atom. The quantitative estimate of drug-likeness (QED) is 0.679. The van der Waals surface area contributed by atoms with E-state index in [2.05, 4.69) is 11.8 Å². The van der Waals surface area contributed by atoms with E-state index in [0.29, 0.717) is 5.69 Å². The summed E-state index contributed by atoms with van der Waals surface area (Å²) in [6, 6.07) is 0. The van der Waals surface area contributed by atoms with Gasteiger partial charge in [0.05, 0.1) is 15.5 Å². The van der Waals surface area contributed by atoms with Crippen molar-refractivity contribution >= 4 is 39.6 Å². The monoisotopic (exact) mass is 298 g/mol. The second-order valence-corrected chi connectivity index (χ2v) is 7.36. The highest BCUT2D eigenvalue weighted by Crippen LogP contribution is 2.45. The predicted molar refractivity (Wildman–Crippen MR) is 85.7 cm³/mol. The van der Waals surface area contributed by atoms with Crippen molar-refractivity contribution in [2.45, 2.75) is 32.1 Å². The molecule has 5 heteroatoms. The first-order valence-electron chi connectivity index (χ1n) is 6.71. The van der Waals surface area contributed by atoms with Gasteiger partial charge in [0, 0.05) is 19.0 Å². The van der Waals surface area contributed by atoms with Gasteiger partial charge in [0.1, 0.15) is 5.00 Å². The minimum Gasteiger partial charge on any atom is -0.396 e. The summed E-state index contributed by atoms with van der Waals surface area (Å²) in [4.78, 5) is 16.4. The van der Waals surface area contributed by atoms with Crippen molar-refractivity contribution in [2.75, 3.05) is 30.0 Å². The summed E-state index contributed by atoms with van der Waals surface area (Å²) in [6.07, 6.45) is 3.25. The number of anilines is 2. The maximum atomic E-state index is 12.2. The Morgan fingerprint density at radius 3 is 2.68 bits per heavy atom. The number of thioether (sulfide) groups is 1. The van der Waals surface area contributed by atoms with Crippen LogP contribution in [0.5, 0.6) is 0 Å². The van der Waals surface area contributed by atoms with Gasteiger partial charge in [0.2, 0.25) is 0 Å². The van der Waals surface area contributed by atoms with Gasteiger partial charge in [-0.3, -0.25) is 4.79 Å². The number of thiophene rings is 1. The number of carbonyl (C=O) groups is 1. The minimum absolute atomic E-state index is 0.000933. The lowest BCUT2D eigenvalue weighted by atomic mass is 10.1. The van der Waals surface area contributed by atoms with E-state index < -0.39 is 0 Å². The molecular formula is C14H22N2OS2. The standard InChI is InChI=1S/C14H22N2OS2/c1-8(2)11(17)12-10(15)13(18-4)14(19-12)16-6-5-9(3)7-16/h8-9H,5-7,15H2,1-4H3. The average Bonchev–Trinajstić information content (AvgIpc) is 2.92. The summed E-state index contributed by atoms with van der Waals surface area (Å²) < 4.78 is 0. The Kier molecular flexibility index (Phi) is 4.46. The van der Waals surface area contributed by atoms with Crippen molar-refractivity contribution in [3.8, 4) is 0 Å². The Labute approximate surface area is 123 Å². The van der Waals surface area contributed by atoms with Gasteiger partial charge in [0.15, 0.2) is 5.78 Å². The lowest BCUT2D eigenvalue weighted by Crippen LogP contribution is -2.18. The van der Waals surface area contributed by atoms with Crippen molar-refractivity contribution < 1.29 is 4.79 Å². The first-order chi connectivity index (χ1) is 8.95. The summed E-state index contributed by atoms with van der Waals surface area (Å²) in [5.74, 6) is 0.889. The van der Waals surface area contributed by atoms with Crippen LogP contribution in [0.1, 0.15) is 36.9 Å². The molecule has 2 rings (SSSR count). The number of hydrogen-bond donors (Lipinski definition) is 1. The van der Waals surface area contributed by atoms with Crippen LogP contribution in [0, 0.1) is 11.8 Å². The zero-order chi connectivity index (χ0) is 14.2. The fourth-order valence-electron chi connectivity index (χ4n) is 2.39. The molecular weight excluding hydrogens is 276 g/mol. The molecule has 3 nitrogen and oxygen atoms in total. The van der Waals surface area contributed by atoms with Crippen LogP contribution in [0.4, 0.5) is 10.7 Å². The molecule has 0 spiro atoms. The number of nitrogens with two attached hydrogens (primary N) is 1. The van der Waals surface area contributed by atoms with E-state index >= 15 is 0 Å². The molecule has 1 atom stereocenters. The smallest absolute Gasteiger partial charge is 0.177 e. The van der Waals surface area contributed by atoms with E-state index in [9.17, 15) is 4.79 Å². The third kappa shape index (κ3) is 2.77. The maximum absolute atomic E-state index is 12.2.